The Hall–Kier alpha value is -1.63. The lowest BCUT2D eigenvalue weighted by atomic mass is 9.78. The third-order valence-electron chi connectivity index (χ3n) is 5.17. The summed E-state index contributed by atoms with van der Waals surface area (Å²) in [6.45, 7) is 7.91. The largest absolute Gasteiger partial charge is 0.384 e. The second kappa shape index (κ2) is 11.3. The number of piperidine rings is 1. The molecule has 2 rings (SSSR count). The molecule has 1 fully saturated rings. The van der Waals surface area contributed by atoms with Crippen LogP contribution in [0.2, 0.25) is 0 Å². The number of hydrogen-bond acceptors (Lipinski definition) is 4. The first kappa shape index (κ1) is 23.4. The van der Waals surface area contributed by atoms with Crippen molar-refractivity contribution in [3.05, 3.63) is 35.4 Å². The van der Waals surface area contributed by atoms with Crippen LogP contribution in [0.1, 0.15) is 42.6 Å². The van der Waals surface area contributed by atoms with Crippen molar-refractivity contribution >= 4 is 24.2 Å². The molecule has 27 heavy (non-hydrogen) atoms. The molecule has 1 aliphatic heterocycles. The van der Waals surface area contributed by atoms with Crippen LogP contribution in [0.15, 0.2) is 24.3 Å². The lowest BCUT2D eigenvalue weighted by Crippen LogP contribution is -2.49. The zero-order valence-electron chi connectivity index (χ0n) is 16.5. The van der Waals surface area contributed by atoms with Gasteiger partial charge in [-0.05, 0) is 57.5 Å². The predicted molar refractivity (Wildman–Crippen MR) is 109 cm³/mol. The van der Waals surface area contributed by atoms with Gasteiger partial charge in [-0.2, -0.15) is 0 Å². The summed E-state index contributed by atoms with van der Waals surface area (Å²) in [6.07, 6.45) is 1.56. The van der Waals surface area contributed by atoms with Crippen LogP contribution in [0.25, 0.3) is 0 Å². The molecular formula is C20H32ClN3O3. The fourth-order valence-electron chi connectivity index (χ4n) is 3.45. The van der Waals surface area contributed by atoms with Gasteiger partial charge in [-0.15, -0.1) is 12.4 Å². The van der Waals surface area contributed by atoms with Crippen molar-refractivity contribution in [3.8, 4) is 0 Å². The van der Waals surface area contributed by atoms with Crippen LogP contribution in [-0.4, -0.2) is 56.6 Å². The zero-order chi connectivity index (χ0) is 19.0. The number of nitrogens with zero attached hydrogens (tertiary/aromatic N) is 1. The van der Waals surface area contributed by atoms with Crippen LogP contribution < -0.4 is 10.6 Å². The summed E-state index contributed by atoms with van der Waals surface area (Å²) in [4.78, 5) is 26.9. The maximum absolute atomic E-state index is 12.7. The molecule has 0 saturated carbocycles. The first-order valence-corrected chi connectivity index (χ1v) is 9.42. The van der Waals surface area contributed by atoms with E-state index in [0.717, 1.165) is 31.5 Å². The molecule has 0 aliphatic carbocycles. The summed E-state index contributed by atoms with van der Waals surface area (Å²) in [5.74, 6) is 0.0866. The van der Waals surface area contributed by atoms with E-state index >= 15 is 0 Å². The maximum atomic E-state index is 12.7. The van der Waals surface area contributed by atoms with Crippen LogP contribution in [0.5, 0.6) is 0 Å². The second-order valence-corrected chi connectivity index (χ2v) is 6.82. The van der Waals surface area contributed by atoms with E-state index in [0.29, 0.717) is 31.8 Å². The van der Waals surface area contributed by atoms with E-state index in [1.807, 2.05) is 38.1 Å². The minimum Gasteiger partial charge on any atom is -0.384 e. The van der Waals surface area contributed by atoms with Gasteiger partial charge in [0.15, 0.2) is 0 Å². The first-order valence-electron chi connectivity index (χ1n) is 9.42. The van der Waals surface area contributed by atoms with E-state index in [9.17, 15) is 9.59 Å². The smallest absolute Gasteiger partial charge is 0.253 e. The minimum atomic E-state index is -0.446. The Morgan fingerprint density at radius 3 is 2.26 bits per heavy atom. The first-order chi connectivity index (χ1) is 12.6. The number of rotatable bonds is 8. The number of hydrogen-bond donors (Lipinski definition) is 2. The van der Waals surface area contributed by atoms with Crippen LogP contribution in [-0.2, 0) is 16.1 Å². The Morgan fingerprint density at radius 2 is 1.74 bits per heavy atom. The molecule has 0 bridgehead atoms. The number of benzene rings is 1. The highest BCUT2D eigenvalue weighted by Gasteiger charge is 2.39. The fraction of sp³-hybridized carbons (Fsp3) is 0.600. The Labute approximate surface area is 168 Å². The Balaban J connectivity index is 0.00000364. The van der Waals surface area contributed by atoms with Crippen LogP contribution in [0.4, 0.5) is 0 Å². The number of halogens is 1. The number of nitrogens with one attached hydrogen (secondary N) is 2. The van der Waals surface area contributed by atoms with Crippen molar-refractivity contribution in [1.82, 2.24) is 15.5 Å². The minimum absolute atomic E-state index is 0. The maximum Gasteiger partial charge on any atom is 0.253 e. The van der Waals surface area contributed by atoms with Crippen molar-refractivity contribution in [3.63, 3.8) is 0 Å². The quantitative estimate of drug-likeness (QED) is 0.705. The lowest BCUT2D eigenvalue weighted by molar-refractivity contribution is -0.136. The van der Waals surface area contributed by atoms with E-state index in [1.165, 1.54) is 0 Å². The lowest BCUT2D eigenvalue weighted by Gasteiger charge is -2.35. The topological polar surface area (TPSA) is 70.7 Å². The van der Waals surface area contributed by atoms with Gasteiger partial charge in [-0.25, -0.2) is 0 Å². The summed E-state index contributed by atoms with van der Waals surface area (Å²) in [5, 5.41) is 6.34. The highest BCUT2D eigenvalue weighted by atomic mass is 35.5. The molecule has 0 aromatic heterocycles. The van der Waals surface area contributed by atoms with E-state index in [1.54, 1.807) is 12.0 Å². The summed E-state index contributed by atoms with van der Waals surface area (Å²) < 4.78 is 5.31. The van der Waals surface area contributed by atoms with Crippen molar-refractivity contribution in [2.24, 2.45) is 5.41 Å². The van der Waals surface area contributed by atoms with Crippen LogP contribution in [0, 0.1) is 5.41 Å². The molecule has 0 atom stereocenters. The molecule has 2 N–H and O–H groups in total. The Morgan fingerprint density at radius 1 is 1.15 bits per heavy atom. The zero-order valence-corrected chi connectivity index (χ0v) is 17.4. The van der Waals surface area contributed by atoms with Gasteiger partial charge >= 0.3 is 0 Å². The van der Waals surface area contributed by atoms with E-state index < -0.39 is 5.41 Å². The molecule has 1 aliphatic rings. The molecule has 0 radical (unpaired) electrons. The van der Waals surface area contributed by atoms with Crippen LogP contribution in [0.3, 0.4) is 0 Å². The molecule has 6 nitrogen and oxygen atoms in total. The highest BCUT2D eigenvalue weighted by molar-refractivity contribution is 5.94. The van der Waals surface area contributed by atoms with Crippen molar-refractivity contribution in [2.45, 2.75) is 33.2 Å². The van der Waals surface area contributed by atoms with Crippen molar-refractivity contribution < 1.29 is 14.3 Å². The number of methoxy groups -OCH3 is 1. The highest BCUT2D eigenvalue weighted by Crippen LogP contribution is 2.29. The number of carbonyl (C=O) groups excluding carboxylic acids is 2. The molecule has 1 saturated heterocycles. The average Bonchev–Trinajstić information content (AvgIpc) is 2.68. The average molecular weight is 398 g/mol. The van der Waals surface area contributed by atoms with Gasteiger partial charge < -0.3 is 20.3 Å². The Bertz CT molecular complexity index is 591. The van der Waals surface area contributed by atoms with Crippen molar-refractivity contribution in [2.75, 3.05) is 39.9 Å². The summed E-state index contributed by atoms with van der Waals surface area (Å²) in [7, 11) is 1.64. The third-order valence-corrected chi connectivity index (χ3v) is 5.17. The van der Waals surface area contributed by atoms with Crippen molar-refractivity contribution in [1.29, 1.82) is 0 Å². The Kier molecular flexibility index (Phi) is 9.77. The molecule has 0 unspecified atom stereocenters. The molecule has 7 heteroatoms. The summed E-state index contributed by atoms with van der Waals surface area (Å²) in [6, 6.07) is 7.47. The predicted octanol–water partition coefficient (Wildman–Crippen LogP) is 2.22. The van der Waals surface area contributed by atoms with Crippen LogP contribution >= 0.6 is 12.4 Å². The molecule has 1 aromatic rings. The third kappa shape index (κ3) is 5.92. The number of carbonyl (C=O) groups is 2. The van der Waals surface area contributed by atoms with E-state index in [-0.39, 0.29) is 24.2 Å². The van der Waals surface area contributed by atoms with Gasteiger partial charge in [0.1, 0.15) is 0 Å². The van der Waals surface area contributed by atoms with Gasteiger partial charge in [0.25, 0.3) is 5.91 Å². The monoisotopic (exact) mass is 397 g/mol. The van der Waals surface area contributed by atoms with Gasteiger partial charge in [0.05, 0.1) is 12.0 Å². The second-order valence-electron chi connectivity index (χ2n) is 6.82. The van der Waals surface area contributed by atoms with E-state index in [2.05, 4.69) is 10.6 Å². The molecular weight excluding hydrogens is 366 g/mol. The van der Waals surface area contributed by atoms with Gasteiger partial charge in [0, 0.05) is 32.3 Å². The summed E-state index contributed by atoms with van der Waals surface area (Å²) in [5.41, 5.74) is 1.22. The standard InChI is InChI=1S/C20H31N3O3.ClH/c1-4-23(5-2)18(24)17-8-6-16(7-9-17)14-22-19(25)20(15-26-3)10-12-21-13-11-20;/h6-9,21H,4-5,10-15H2,1-3H3,(H,22,25);1H. The molecule has 0 spiro atoms. The summed E-state index contributed by atoms with van der Waals surface area (Å²) >= 11 is 0. The normalized spacial score (nSPS) is 15.5. The molecule has 2 amide bonds. The van der Waals surface area contributed by atoms with Gasteiger partial charge in [-0.1, -0.05) is 12.1 Å². The van der Waals surface area contributed by atoms with E-state index in [4.69, 9.17) is 4.74 Å². The van der Waals surface area contributed by atoms with Gasteiger partial charge in [-0.3, -0.25) is 9.59 Å². The number of ether oxygens (including phenoxy) is 1. The van der Waals surface area contributed by atoms with Gasteiger partial charge in [0.2, 0.25) is 5.91 Å². The molecule has 152 valence electrons. The molecule has 1 heterocycles. The molecule has 1 aromatic carbocycles. The SMILES string of the molecule is CCN(CC)C(=O)c1ccc(CNC(=O)C2(COC)CCNCC2)cc1.Cl. The fourth-order valence-corrected chi connectivity index (χ4v) is 3.45. The number of amides is 2.